The van der Waals surface area contributed by atoms with Crippen molar-refractivity contribution in [2.75, 3.05) is 13.2 Å². The van der Waals surface area contributed by atoms with Crippen molar-refractivity contribution in [3.8, 4) is 0 Å². The Balaban J connectivity index is 1.84. The first-order chi connectivity index (χ1) is 12.3. The average Bonchev–Trinajstić information content (AvgIpc) is 2.60. The second-order valence-corrected chi connectivity index (χ2v) is 5.31. The molecule has 0 fully saturated rings. The number of benzene rings is 2. The summed E-state index contributed by atoms with van der Waals surface area (Å²) in [7, 11) is 0. The minimum Gasteiger partial charge on any atom is -0.452 e. The van der Waals surface area contributed by atoms with E-state index in [9.17, 15) is 27.2 Å². The van der Waals surface area contributed by atoms with Gasteiger partial charge in [0, 0.05) is 6.54 Å². The van der Waals surface area contributed by atoms with E-state index >= 15 is 0 Å². The van der Waals surface area contributed by atoms with Gasteiger partial charge in [-0.2, -0.15) is 13.2 Å². The van der Waals surface area contributed by atoms with Crippen LogP contribution in [0, 0.1) is 5.82 Å². The van der Waals surface area contributed by atoms with Crippen LogP contribution in [-0.2, 0) is 22.1 Å². The second kappa shape index (κ2) is 8.46. The number of hydrogen-bond donors (Lipinski definition) is 1. The summed E-state index contributed by atoms with van der Waals surface area (Å²) < 4.78 is 56.6. The van der Waals surface area contributed by atoms with Crippen molar-refractivity contribution < 1.29 is 31.9 Å². The minimum atomic E-state index is -4.71. The number of alkyl halides is 3. The van der Waals surface area contributed by atoms with Crippen LogP contribution in [0.15, 0.2) is 48.5 Å². The molecule has 0 saturated carbocycles. The van der Waals surface area contributed by atoms with E-state index in [1.165, 1.54) is 18.2 Å². The quantitative estimate of drug-likeness (QED) is 0.628. The molecule has 0 bridgehead atoms. The van der Waals surface area contributed by atoms with Crippen molar-refractivity contribution in [1.82, 2.24) is 5.32 Å². The van der Waals surface area contributed by atoms with E-state index in [0.29, 0.717) is 5.56 Å². The summed E-state index contributed by atoms with van der Waals surface area (Å²) in [5.41, 5.74) is -1.40. The Morgan fingerprint density at radius 3 is 2.35 bits per heavy atom. The molecule has 4 nitrogen and oxygen atoms in total. The number of rotatable bonds is 6. The highest BCUT2D eigenvalue weighted by atomic mass is 19.4. The highest BCUT2D eigenvalue weighted by Crippen LogP contribution is 2.32. The lowest BCUT2D eigenvalue weighted by Gasteiger charge is -2.12. The molecule has 0 atom stereocenters. The molecule has 2 aromatic carbocycles. The smallest absolute Gasteiger partial charge is 0.417 e. The van der Waals surface area contributed by atoms with Crippen LogP contribution in [0.5, 0.6) is 0 Å². The Hall–Kier alpha value is -2.90. The zero-order valence-electron chi connectivity index (χ0n) is 13.5. The first kappa shape index (κ1) is 19.4. The minimum absolute atomic E-state index is 0.0937. The first-order valence-corrected chi connectivity index (χ1v) is 7.62. The molecule has 8 heteroatoms. The summed E-state index contributed by atoms with van der Waals surface area (Å²) >= 11 is 0. The van der Waals surface area contributed by atoms with Gasteiger partial charge in [-0.25, -0.2) is 9.18 Å². The van der Waals surface area contributed by atoms with Crippen molar-refractivity contribution in [2.24, 2.45) is 0 Å². The number of amides is 1. The van der Waals surface area contributed by atoms with Gasteiger partial charge in [-0.15, -0.1) is 0 Å². The fourth-order valence-electron chi connectivity index (χ4n) is 2.21. The van der Waals surface area contributed by atoms with E-state index in [1.54, 1.807) is 12.1 Å². The average molecular weight is 369 g/mol. The summed E-state index contributed by atoms with van der Waals surface area (Å²) in [6.07, 6.45) is -4.49. The third kappa shape index (κ3) is 5.30. The van der Waals surface area contributed by atoms with Gasteiger partial charge >= 0.3 is 12.1 Å². The third-order valence-electron chi connectivity index (χ3n) is 3.46. The highest BCUT2D eigenvalue weighted by molar-refractivity contribution is 5.93. The molecule has 0 radical (unpaired) electrons. The number of ether oxygens (including phenoxy) is 1. The summed E-state index contributed by atoms with van der Waals surface area (Å²) in [5, 5.41) is 2.40. The lowest BCUT2D eigenvalue weighted by atomic mass is 10.1. The molecular weight excluding hydrogens is 354 g/mol. The molecule has 0 unspecified atom stereocenters. The summed E-state index contributed by atoms with van der Waals surface area (Å²) in [6.45, 7) is -0.640. The van der Waals surface area contributed by atoms with E-state index in [2.05, 4.69) is 10.1 Å². The lowest BCUT2D eigenvalue weighted by molar-refractivity contribution is -0.138. The summed E-state index contributed by atoms with van der Waals surface area (Å²) in [5.74, 6) is -2.35. The monoisotopic (exact) mass is 369 g/mol. The van der Waals surface area contributed by atoms with Crippen LogP contribution < -0.4 is 5.32 Å². The molecule has 1 N–H and O–H groups in total. The standard InChI is InChI=1S/C18H15F4NO3/c19-15-8-4-1-5-12(15)9-10-23-16(24)11-26-17(25)13-6-2-3-7-14(13)18(20,21)22/h1-8H,9-11H2,(H,23,24). The van der Waals surface area contributed by atoms with Gasteiger partial charge in [0.05, 0.1) is 11.1 Å². The molecule has 26 heavy (non-hydrogen) atoms. The molecule has 0 aliphatic carbocycles. The molecule has 0 saturated heterocycles. The third-order valence-corrected chi connectivity index (χ3v) is 3.46. The van der Waals surface area contributed by atoms with E-state index in [0.717, 1.165) is 18.2 Å². The van der Waals surface area contributed by atoms with Crippen molar-refractivity contribution in [3.05, 3.63) is 71.0 Å². The lowest BCUT2D eigenvalue weighted by Crippen LogP contribution is -2.30. The number of hydrogen-bond acceptors (Lipinski definition) is 3. The van der Waals surface area contributed by atoms with Crippen molar-refractivity contribution >= 4 is 11.9 Å². The molecule has 1 amide bonds. The van der Waals surface area contributed by atoms with Gasteiger partial charge in [0.15, 0.2) is 6.61 Å². The van der Waals surface area contributed by atoms with E-state index in [4.69, 9.17) is 0 Å². The highest BCUT2D eigenvalue weighted by Gasteiger charge is 2.35. The maximum atomic E-state index is 13.4. The Morgan fingerprint density at radius 2 is 1.65 bits per heavy atom. The maximum absolute atomic E-state index is 13.4. The van der Waals surface area contributed by atoms with E-state index in [1.807, 2.05) is 0 Å². The van der Waals surface area contributed by atoms with Crippen molar-refractivity contribution in [3.63, 3.8) is 0 Å². The van der Waals surface area contributed by atoms with Gasteiger partial charge in [-0.1, -0.05) is 30.3 Å². The number of carbonyl (C=O) groups is 2. The van der Waals surface area contributed by atoms with Crippen LogP contribution in [0.2, 0.25) is 0 Å². The topological polar surface area (TPSA) is 55.4 Å². The Kier molecular flexibility index (Phi) is 6.32. The van der Waals surface area contributed by atoms with Gasteiger partial charge in [0.1, 0.15) is 5.82 Å². The van der Waals surface area contributed by atoms with E-state index in [-0.39, 0.29) is 13.0 Å². The van der Waals surface area contributed by atoms with Gasteiger partial charge in [-0.3, -0.25) is 4.79 Å². The van der Waals surface area contributed by atoms with Gasteiger partial charge in [-0.05, 0) is 30.2 Å². The molecule has 0 aromatic heterocycles. The van der Waals surface area contributed by atoms with Gasteiger partial charge in [0.2, 0.25) is 0 Å². The van der Waals surface area contributed by atoms with Crippen molar-refractivity contribution in [2.45, 2.75) is 12.6 Å². The Morgan fingerprint density at radius 1 is 1.00 bits per heavy atom. The second-order valence-electron chi connectivity index (χ2n) is 5.31. The van der Waals surface area contributed by atoms with Crippen LogP contribution >= 0.6 is 0 Å². The van der Waals surface area contributed by atoms with Crippen LogP contribution in [0.25, 0.3) is 0 Å². The molecule has 2 aromatic rings. The Bertz CT molecular complexity index is 790. The van der Waals surface area contributed by atoms with Crippen LogP contribution in [-0.4, -0.2) is 25.0 Å². The number of esters is 1. The normalized spacial score (nSPS) is 11.1. The zero-order valence-corrected chi connectivity index (χ0v) is 13.5. The fourth-order valence-corrected chi connectivity index (χ4v) is 2.21. The van der Waals surface area contributed by atoms with Crippen LogP contribution in [0.3, 0.4) is 0 Å². The van der Waals surface area contributed by atoms with Gasteiger partial charge < -0.3 is 10.1 Å². The zero-order chi connectivity index (χ0) is 19.2. The predicted octanol–water partition coefficient (Wildman–Crippen LogP) is 3.36. The van der Waals surface area contributed by atoms with Crippen LogP contribution in [0.4, 0.5) is 17.6 Å². The largest absolute Gasteiger partial charge is 0.452 e. The van der Waals surface area contributed by atoms with Gasteiger partial charge in [0.25, 0.3) is 5.91 Å². The SMILES string of the molecule is O=C(COC(=O)c1ccccc1C(F)(F)F)NCCc1ccccc1F. The molecular formula is C18H15F4NO3. The predicted molar refractivity (Wildman–Crippen MR) is 84.8 cm³/mol. The molecule has 2 rings (SSSR count). The molecule has 0 aliphatic heterocycles. The summed E-state index contributed by atoms with van der Waals surface area (Å²) in [6, 6.07) is 10.2. The molecule has 0 spiro atoms. The van der Waals surface area contributed by atoms with Crippen molar-refractivity contribution in [1.29, 1.82) is 0 Å². The molecule has 0 aliphatic rings. The molecule has 0 heterocycles. The number of nitrogens with one attached hydrogen (secondary N) is 1. The number of halogens is 4. The Labute approximate surface area is 146 Å². The fraction of sp³-hybridized carbons (Fsp3) is 0.222. The summed E-state index contributed by atoms with van der Waals surface area (Å²) in [4.78, 5) is 23.4. The first-order valence-electron chi connectivity index (χ1n) is 7.62. The molecule has 138 valence electrons. The number of carbonyl (C=O) groups excluding carboxylic acids is 2. The van der Waals surface area contributed by atoms with Crippen LogP contribution in [0.1, 0.15) is 21.5 Å². The van der Waals surface area contributed by atoms with E-state index < -0.39 is 41.6 Å². The maximum Gasteiger partial charge on any atom is 0.417 e.